The lowest BCUT2D eigenvalue weighted by molar-refractivity contribution is 1.56. The minimum atomic E-state index is 1.19. The van der Waals surface area contributed by atoms with E-state index in [1.807, 2.05) is 0 Å². The van der Waals surface area contributed by atoms with Crippen molar-refractivity contribution in [2.45, 2.75) is 0 Å². The van der Waals surface area contributed by atoms with E-state index in [2.05, 4.69) is 303 Å². The number of hydrogen-bond donors (Lipinski definition) is 0. The first kappa shape index (κ1) is 46.3. The van der Waals surface area contributed by atoms with Gasteiger partial charge in [0.2, 0.25) is 0 Å². The maximum atomic E-state index is 2.51. The summed E-state index contributed by atoms with van der Waals surface area (Å²) >= 11 is 0. The molecule has 0 aliphatic heterocycles. The average molecular weight is 1040 g/mol. The molecule has 0 amide bonds. The summed E-state index contributed by atoms with van der Waals surface area (Å²) in [4.78, 5) is 0. The highest BCUT2D eigenvalue weighted by Crippen LogP contribution is 2.61. The summed E-state index contributed by atoms with van der Waals surface area (Å²) in [5, 5.41) is 10.1. The van der Waals surface area contributed by atoms with Crippen molar-refractivity contribution >= 4 is 43.1 Å². The fourth-order valence-corrected chi connectivity index (χ4v) is 14.4. The molecule has 82 heavy (non-hydrogen) atoms. The SMILES string of the molecule is c1ccc(-c2cccc(-c3ccccc3)c2-c2ccc3c(-c4ccccc4)c4c(c(-c5ccccc5)c3c2)-c2cccc3c(-c5ccc6c(-c7ccccc7)c7c(c(-c8ccccc8)c6c5)-c5cccc6cccc-7c56)ccc-4c23)cc1. The molecule has 0 heteroatoms. The summed E-state index contributed by atoms with van der Waals surface area (Å²) in [7, 11) is 0. The molecule has 0 saturated heterocycles. The molecule has 0 spiro atoms. The van der Waals surface area contributed by atoms with Gasteiger partial charge in [0.1, 0.15) is 0 Å². The van der Waals surface area contributed by atoms with E-state index >= 15 is 0 Å². The summed E-state index contributed by atoms with van der Waals surface area (Å²) in [6.07, 6.45) is 0. The second-order valence-electron chi connectivity index (χ2n) is 22.0. The molecular weight excluding hydrogens is 985 g/mol. The highest BCUT2D eigenvalue weighted by molar-refractivity contribution is 6.31. The third-order valence-corrected chi connectivity index (χ3v) is 17.7. The summed E-state index contributed by atoms with van der Waals surface area (Å²) in [6, 6.07) is 113. The maximum absolute atomic E-state index is 2.51. The Labute approximate surface area is 477 Å². The largest absolute Gasteiger partial charge is 0.0622 e. The van der Waals surface area contributed by atoms with Crippen molar-refractivity contribution < 1.29 is 0 Å². The van der Waals surface area contributed by atoms with E-state index in [4.69, 9.17) is 0 Å². The zero-order valence-corrected chi connectivity index (χ0v) is 44.9. The monoisotopic (exact) mass is 1030 g/mol. The Morgan fingerprint density at radius 1 is 0.134 bits per heavy atom. The molecule has 15 aromatic carbocycles. The van der Waals surface area contributed by atoms with Crippen molar-refractivity contribution in [3.63, 3.8) is 0 Å². The standard InChI is InChI=1S/C82H50/c1-7-23-51(24-8-1)61-37-21-38-62(52-25-9-2-10-26-52)73(61)59-44-46-65-71(50-59)77(57-33-17-6-18-34-57)81-68-42-22-39-63-60(47-48-69(78(63)68)82(81)75(65)55-29-13-4-14-30-55)58-43-45-64-70(49-58)76(56-31-15-5-16-32-56)80-67-41-20-36-53-35-19-40-66(72(53)67)79(80)74(64)54-27-11-3-12-28-54/h1-50H. The highest BCUT2D eigenvalue weighted by Gasteiger charge is 2.34. The molecule has 0 radical (unpaired) electrons. The van der Waals surface area contributed by atoms with Crippen molar-refractivity contribution in [2.24, 2.45) is 0 Å². The van der Waals surface area contributed by atoms with Gasteiger partial charge in [-0.05, 0) is 189 Å². The second-order valence-corrected chi connectivity index (χ2v) is 22.0. The minimum absolute atomic E-state index is 1.19. The quantitative estimate of drug-likeness (QED) is 0.142. The summed E-state index contributed by atoms with van der Waals surface area (Å²) in [5.41, 5.74) is 29.9. The first-order chi connectivity index (χ1) is 40.7. The molecule has 0 atom stereocenters. The molecule has 15 aromatic rings. The van der Waals surface area contributed by atoms with E-state index in [0.717, 1.165) is 0 Å². The summed E-state index contributed by atoms with van der Waals surface area (Å²) in [6.45, 7) is 0. The molecule has 0 bridgehead atoms. The van der Waals surface area contributed by atoms with Gasteiger partial charge in [-0.3, -0.25) is 0 Å². The van der Waals surface area contributed by atoms with E-state index in [1.54, 1.807) is 0 Å². The zero-order chi connectivity index (χ0) is 53.8. The van der Waals surface area contributed by atoms with Crippen LogP contribution < -0.4 is 0 Å². The molecular formula is C82H50. The predicted molar refractivity (Wildman–Crippen MR) is 349 cm³/mol. The summed E-state index contributed by atoms with van der Waals surface area (Å²) in [5.74, 6) is 0. The van der Waals surface area contributed by atoms with Gasteiger partial charge in [-0.15, -0.1) is 0 Å². The van der Waals surface area contributed by atoms with Gasteiger partial charge in [0.15, 0.2) is 0 Å². The third-order valence-electron chi connectivity index (χ3n) is 17.7. The normalized spacial score (nSPS) is 11.9. The molecule has 0 unspecified atom stereocenters. The molecule has 17 rings (SSSR count). The Kier molecular flexibility index (Phi) is 10.4. The van der Waals surface area contributed by atoms with Gasteiger partial charge >= 0.3 is 0 Å². The smallest absolute Gasteiger partial charge is 0.000741 e. The first-order valence-corrected chi connectivity index (χ1v) is 28.6. The van der Waals surface area contributed by atoms with E-state index in [1.165, 1.54) is 177 Å². The van der Waals surface area contributed by atoms with E-state index in [0.29, 0.717) is 0 Å². The van der Waals surface area contributed by atoms with E-state index in [-0.39, 0.29) is 0 Å². The Hall–Kier alpha value is -10.7. The lowest BCUT2D eigenvalue weighted by Gasteiger charge is -2.22. The molecule has 0 saturated carbocycles. The molecule has 0 N–H and O–H groups in total. The number of fused-ring (bicyclic) bond motifs is 8. The van der Waals surface area contributed by atoms with Crippen LogP contribution in [0, 0.1) is 0 Å². The molecule has 0 fully saturated rings. The molecule has 2 aliphatic carbocycles. The van der Waals surface area contributed by atoms with Crippen molar-refractivity contribution in [1.82, 2.24) is 0 Å². The van der Waals surface area contributed by atoms with Crippen LogP contribution in [-0.2, 0) is 0 Å². The Bertz CT molecular complexity index is 5020. The van der Waals surface area contributed by atoms with Crippen LogP contribution in [0.25, 0.3) is 177 Å². The van der Waals surface area contributed by atoms with Gasteiger partial charge in [-0.2, -0.15) is 0 Å². The molecule has 0 aromatic heterocycles. The van der Waals surface area contributed by atoms with Crippen molar-refractivity contribution in [1.29, 1.82) is 0 Å². The average Bonchev–Trinajstić information content (AvgIpc) is 1.83. The molecule has 2 aliphatic rings. The minimum Gasteiger partial charge on any atom is -0.0622 e. The van der Waals surface area contributed by atoms with Crippen molar-refractivity contribution in [3.8, 4) is 134 Å². The van der Waals surface area contributed by atoms with Crippen LogP contribution >= 0.6 is 0 Å². The lowest BCUT2D eigenvalue weighted by Crippen LogP contribution is -1.95. The van der Waals surface area contributed by atoms with Gasteiger partial charge in [0.25, 0.3) is 0 Å². The van der Waals surface area contributed by atoms with Gasteiger partial charge in [-0.1, -0.05) is 291 Å². The molecule has 0 heterocycles. The Balaban J connectivity index is 0.948. The van der Waals surface area contributed by atoms with Gasteiger partial charge in [-0.25, -0.2) is 0 Å². The second kappa shape index (κ2) is 18.5. The van der Waals surface area contributed by atoms with Crippen LogP contribution in [0.4, 0.5) is 0 Å². The predicted octanol–water partition coefficient (Wildman–Crippen LogP) is 22.9. The Morgan fingerprint density at radius 3 is 0.915 bits per heavy atom. The highest BCUT2D eigenvalue weighted by atomic mass is 14.4. The molecule has 378 valence electrons. The van der Waals surface area contributed by atoms with Crippen LogP contribution in [0.3, 0.4) is 0 Å². The lowest BCUT2D eigenvalue weighted by atomic mass is 9.80. The van der Waals surface area contributed by atoms with Gasteiger partial charge < -0.3 is 0 Å². The van der Waals surface area contributed by atoms with Crippen molar-refractivity contribution in [3.05, 3.63) is 303 Å². The zero-order valence-electron chi connectivity index (χ0n) is 44.9. The molecule has 0 nitrogen and oxygen atoms in total. The van der Waals surface area contributed by atoms with Crippen LogP contribution in [-0.4, -0.2) is 0 Å². The van der Waals surface area contributed by atoms with Crippen LogP contribution in [0.2, 0.25) is 0 Å². The first-order valence-electron chi connectivity index (χ1n) is 28.6. The summed E-state index contributed by atoms with van der Waals surface area (Å²) < 4.78 is 0. The van der Waals surface area contributed by atoms with Crippen LogP contribution in [0.15, 0.2) is 303 Å². The maximum Gasteiger partial charge on any atom is -0.000741 e. The van der Waals surface area contributed by atoms with Crippen LogP contribution in [0.5, 0.6) is 0 Å². The fraction of sp³-hybridized carbons (Fsp3) is 0. The third kappa shape index (κ3) is 6.92. The van der Waals surface area contributed by atoms with E-state index < -0.39 is 0 Å². The fourth-order valence-electron chi connectivity index (χ4n) is 14.4. The van der Waals surface area contributed by atoms with E-state index in [9.17, 15) is 0 Å². The number of hydrogen-bond acceptors (Lipinski definition) is 0. The van der Waals surface area contributed by atoms with Gasteiger partial charge in [0, 0.05) is 0 Å². The number of rotatable bonds is 8. The van der Waals surface area contributed by atoms with Crippen LogP contribution in [0.1, 0.15) is 0 Å². The number of benzene rings is 15. The Morgan fingerprint density at radius 2 is 0.463 bits per heavy atom. The van der Waals surface area contributed by atoms with Gasteiger partial charge in [0.05, 0.1) is 0 Å². The topological polar surface area (TPSA) is 0 Å². The van der Waals surface area contributed by atoms with Crippen molar-refractivity contribution in [2.75, 3.05) is 0 Å².